The number of hydrogen-bond donors (Lipinski definition) is 1. The third-order valence-corrected chi connectivity index (χ3v) is 5.92. The minimum absolute atomic E-state index is 0.0659. The molecule has 22 heavy (non-hydrogen) atoms. The highest BCUT2D eigenvalue weighted by Gasteiger charge is 2.63. The Labute approximate surface area is 132 Å². The van der Waals surface area contributed by atoms with Gasteiger partial charge in [-0.05, 0) is 55.4 Å². The zero-order valence-corrected chi connectivity index (χ0v) is 13.9. The van der Waals surface area contributed by atoms with Gasteiger partial charge in [0.25, 0.3) is 0 Å². The number of fused-ring (bicyclic) bond motifs is 2. The number of allylic oxidation sites excluding steroid dienone is 1. The first kappa shape index (κ1) is 15.1. The van der Waals surface area contributed by atoms with Crippen LogP contribution >= 0.6 is 0 Å². The van der Waals surface area contributed by atoms with Crippen molar-refractivity contribution in [2.45, 2.75) is 40.5 Å². The minimum Gasteiger partial charge on any atom is -0.494 e. The van der Waals surface area contributed by atoms with Crippen LogP contribution in [0.2, 0.25) is 0 Å². The molecule has 0 saturated heterocycles. The lowest BCUT2D eigenvalue weighted by molar-refractivity contribution is -0.125. The molecule has 2 aliphatic carbocycles. The average molecular weight is 299 g/mol. The summed E-state index contributed by atoms with van der Waals surface area (Å²) in [6.07, 6.45) is 4.06. The van der Waals surface area contributed by atoms with E-state index in [0.717, 1.165) is 29.9 Å². The van der Waals surface area contributed by atoms with Gasteiger partial charge in [0.05, 0.1) is 6.61 Å². The fraction of sp³-hybridized carbons (Fsp3) is 0.526. The Bertz CT molecular complexity index is 615. The Morgan fingerprint density at radius 1 is 1.27 bits per heavy atom. The van der Waals surface area contributed by atoms with Gasteiger partial charge >= 0.3 is 0 Å². The number of rotatable bonds is 4. The van der Waals surface area contributed by atoms with E-state index in [9.17, 15) is 4.79 Å². The van der Waals surface area contributed by atoms with Crippen LogP contribution < -0.4 is 10.1 Å². The summed E-state index contributed by atoms with van der Waals surface area (Å²) in [6.45, 7) is 9.24. The smallest absolute Gasteiger partial charge is 0.167 e. The van der Waals surface area contributed by atoms with Gasteiger partial charge in [-0.1, -0.05) is 20.8 Å². The third-order valence-electron chi connectivity index (χ3n) is 5.92. The van der Waals surface area contributed by atoms with Crippen LogP contribution in [0.1, 0.15) is 40.5 Å². The van der Waals surface area contributed by atoms with Crippen LogP contribution in [0.15, 0.2) is 36.0 Å². The monoisotopic (exact) mass is 299 g/mol. The summed E-state index contributed by atoms with van der Waals surface area (Å²) in [5, 5.41) is 3.29. The van der Waals surface area contributed by atoms with Gasteiger partial charge < -0.3 is 10.1 Å². The molecule has 0 aromatic heterocycles. The molecule has 118 valence electrons. The predicted molar refractivity (Wildman–Crippen MR) is 88.9 cm³/mol. The molecule has 2 unspecified atom stereocenters. The van der Waals surface area contributed by atoms with Gasteiger partial charge in [-0.15, -0.1) is 0 Å². The summed E-state index contributed by atoms with van der Waals surface area (Å²) in [5.41, 5.74) is 1.82. The van der Waals surface area contributed by atoms with Crippen molar-refractivity contribution in [2.75, 3.05) is 11.9 Å². The van der Waals surface area contributed by atoms with Gasteiger partial charge in [-0.3, -0.25) is 4.79 Å². The van der Waals surface area contributed by atoms with Crippen molar-refractivity contribution in [1.29, 1.82) is 0 Å². The number of anilines is 1. The molecule has 1 aromatic rings. The van der Waals surface area contributed by atoms with Crippen LogP contribution in [-0.2, 0) is 4.79 Å². The predicted octanol–water partition coefficient (Wildman–Crippen LogP) is 4.41. The van der Waals surface area contributed by atoms with Crippen molar-refractivity contribution in [2.24, 2.45) is 16.7 Å². The second-order valence-electron chi connectivity index (χ2n) is 7.18. The number of carbonyl (C=O) groups is 1. The van der Waals surface area contributed by atoms with E-state index in [1.54, 1.807) is 0 Å². The van der Waals surface area contributed by atoms with Crippen LogP contribution in [0.4, 0.5) is 5.69 Å². The number of ether oxygens (including phenoxy) is 1. The van der Waals surface area contributed by atoms with Gasteiger partial charge in [-0.2, -0.15) is 0 Å². The molecule has 2 bridgehead atoms. The van der Waals surface area contributed by atoms with Gasteiger partial charge in [0, 0.05) is 22.9 Å². The lowest BCUT2D eigenvalue weighted by atomic mass is 9.70. The van der Waals surface area contributed by atoms with E-state index in [0.29, 0.717) is 18.3 Å². The van der Waals surface area contributed by atoms with E-state index < -0.39 is 0 Å². The molecule has 0 amide bonds. The van der Waals surface area contributed by atoms with E-state index in [2.05, 4.69) is 26.1 Å². The summed E-state index contributed by atoms with van der Waals surface area (Å²) >= 11 is 0. The quantitative estimate of drug-likeness (QED) is 0.837. The summed E-state index contributed by atoms with van der Waals surface area (Å²) in [4.78, 5) is 12.7. The molecule has 0 radical (unpaired) electrons. The first-order chi connectivity index (χ1) is 10.4. The molecular formula is C19H25NO2. The van der Waals surface area contributed by atoms with Crippen molar-refractivity contribution in [3.8, 4) is 5.75 Å². The van der Waals surface area contributed by atoms with E-state index >= 15 is 0 Å². The summed E-state index contributed by atoms with van der Waals surface area (Å²) in [7, 11) is 0. The first-order valence-corrected chi connectivity index (χ1v) is 8.14. The molecule has 2 fully saturated rings. The molecule has 3 nitrogen and oxygen atoms in total. The molecule has 2 aliphatic rings. The standard InChI is InChI=1S/C19H25NO2/c1-5-22-14-8-6-13(7-9-14)20-12-15-16-10-11-19(4,17(15)21)18(16,2)3/h6-9,12,16,20H,5,10-11H2,1-4H3/b15-12+. The highest BCUT2D eigenvalue weighted by Crippen LogP contribution is 2.65. The van der Waals surface area contributed by atoms with Gasteiger partial charge in [0.15, 0.2) is 5.78 Å². The van der Waals surface area contributed by atoms with E-state index in [1.165, 1.54) is 0 Å². The molecule has 1 aromatic carbocycles. The fourth-order valence-electron chi connectivity index (χ4n) is 4.07. The molecule has 1 N–H and O–H groups in total. The van der Waals surface area contributed by atoms with E-state index in [4.69, 9.17) is 4.74 Å². The van der Waals surface area contributed by atoms with E-state index in [1.807, 2.05) is 37.4 Å². The Kier molecular flexibility index (Phi) is 3.54. The van der Waals surface area contributed by atoms with Crippen LogP contribution in [0.5, 0.6) is 5.75 Å². The van der Waals surface area contributed by atoms with Gasteiger partial charge in [0.1, 0.15) is 5.75 Å². The maximum Gasteiger partial charge on any atom is 0.167 e. The zero-order chi connectivity index (χ0) is 16.0. The second-order valence-corrected chi connectivity index (χ2v) is 7.18. The van der Waals surface area contributed by atoms with E-state index in [-0.39, 0.29) is 10.8 Å². The van der Waals surface area contributed by atoms with Crippen molar-refractivity contribution < 1.29 is 9.53 Å². The SMILES string of the molecule is CCOc1ccc(N/C=C2/C(=O)C3(C)CCC2C3(C)C)cc1. The van der Waals surface area contributed by atoms with Crippen LogP contribution in [0, 0.1) is 16.7 Å². The van der Waals surface area contributed by atoms with Crippen LogP contribution in [0.25, 0.3) is 0 Å². The second kappa shape index (κ2) is 5.15. The van der Waals surface area contributed by atoms with Crippen molar-refractivity contribution in [3.05, 3.63) is 36.0 Å². The first-order valence-electron chi connectivity index (χ1n) is 8.14. The normalized spacial score (nSPS) is 30.8. The van der Waals surface area contributed by atoms with Crippen LogP contribution in [-0.4, -0.2) is 12.4 Å². The number of carbonyl (C=O) groups excluding carboxylic acids is 1. The number of benzene rings is 1. The van der Waals surface area contributed by atoms with Crippen molar-refractivity contribution >= 4 is 11.5 Å². The zero-order valence-electron chi connectivity index (χ0n) is 13.9. The summed E-state index contributed by atoms with van der Waals surface area (Å²) < 4.78 is 5.44. The molecule has 3 rings (SSSR count). The molecule has 3 heteroatoms. The number of ketones is 1. The molecular weight excluding hydrogens is 274 g/mol. The lowest BCUT2D eigenvalue weighted by Crippen LogP contribution is -2.32. The maximum atomic E-state index is 12.7. The average Bonchev–Trinajstić information content (AvgIpc) is 2.80. The highest BCUT2D eigenvalue weighted by molar-refractivity contribution is 6.04. The Morgan fingerprint density at radius 2 is 1.95 bits per heavy atom. The Balaban J connectivity index is 1.78. The highest BCUT2D eigenvalue weighted by atomic mass is 16.5. The molecule has 0 spiro atoms. The number of nitrogens with one attached hydrogen (secondary N) is 1. The Morgan fingerprint density at radius 3 is 2.50 bits per heavy atom. The maximum absolute atomic E-state index is 12.7. The van der Waals surface area contributed by atoms with Gasteiger partial charge in [0.2, 0.25) is 0 Å². The largest absolute Gasteiger partial charge is 0.494 e. The molecule has 2 atom stereocenters. The molecule has 2 saturated carbocycles. The Hall–Kier alpha value is -1.77. The fourth-order valence-corrected chi connectivity index (χ4v) is 4.07. The molecule has 0 heterocycles. The number of hydrogen-bond acceptors (Lipinski definition) is 3. The topological polar surface area (TPSA) is 38.3 Å². The van der Waals surface area contributed by atoms with Crippen LogP contribution in [0.3, 0.4) is 0 Å². The van der Waals surface area contributed by atoms with Gasteiger partial charge in [-0.25, -0.2) is 0 Å². The lowest BCUT2D eigenvalue weighted by Gasteiger charge is -2.31. The summed E-state index contributed by atoms with van der Waals surface area (Å²) in [6, 6.07) is 7.84. The summed E-state index contributed by atoms with van der Waals surface area (Å²) in [5.74, 6) is 1.57. The number of Topliss-reactive ketones (excluding diaryl/α,β-unsaturated/α-hetero) is 1. The van der Waals surface area contributed by atoms with Crippen molar-refractivity contribution in [3.63, 3.8) is 0 Å². The molecule has 0 aliphatic heterocycles. The minimum atomic E-state index is -0.190. The third kappa shape index (κ3) is 2.06. The van der Waals surface area contributed by atoms with Crippen molar-refractivity contribution in [1.82, 2.24) is 0 Å².